The predicted molar refractivity (Wildman–Crippen MR) is 90.0 cm³/mol. The van der Waals surface area contributed by atoms with Gasteiger partial charge in [-0.2, -0.15) is 5.26 Å². The van der Waals surface area contributed by atoms with Gasteiger partial charge in [-0.25, -0.2) is 4.68 Å². The standard InChI is InChI=1S/C18H15N5O/c1-13(24)21-17-7-5-16(6-8-17)18-11-20-22-23(18)12-15-4-2-3-14(9-15)10-19/h2-9,11H,12H2,1H3,(H,21,24). The lowest BCUT2D eigenvalue weighted by Crippen LogP contribution is -2.06. The Bertz CT molecular complexity index is 906. The monoisotopic (exact) mass is 317 g/mol. The summed E-state index contributed by atoms with van der Waals surface area (Å²) in [7, 11) is 0. The molecule has 6 heteroatoms. The third-order valence-electron chi connectivity index (χ3n) is 3.51. The summed E-state index contributed by atoms with van der Waals surface area (Å²) in [5, 5.41) is 19.8. The van der Waals surface area contributed by atoms with E-state index in [1.807, 2.05) is 42.5 Å². The topological polar surface area (TPSA) is 83.6 Å². The fourth-order valence-electron chi connectivity index (χ4n) is 2.44. The number of carbonyl (C=O) groups is 1. The Morgan fingerprint density at radius 1 is 1.25 bits per heavy atom. The maximum Gasteiger partial charge on any atom is 0.221 e. The number of aromatic nitrogens is 3. The van der Waals surface area contributed by atoms with Gasteiger partial charge in [0.05, 0.1) is 30.1 Å². The highest BCUT2D eigenvalue weighted by Gasteiger charge is 2.08. The zero-order valence-corrected chi connectivity index (χ0v) is 13.1. The van der Waals surface area contributed by atoms with Crippen molar-refractivity contribution in [1.82, 2.24) is 15.0 Å². The molecule has 118 valence electrons. The van der Waals surface area contributed by atoms with Crippen LogP contribution in [-0.2, 0) is 11.3 Å². The van der Waals surface area contributed by atoms with Crippen LogP contribution in [0.2, 0.25) is 0 Å². The van der Waals surface area contributed by atoms with Gasteiger partial charge in [0.1, 0.15) is 0 Å². The lowest BCUT2D eigenvalue weighted by atomic mass is 10.1. The summed E-state index contributed by atoms with van der Waals surface area (Å²) >= 11 is 0. The minimum Gasteiger partial charge on any atom is -0.326 e. The molecule has 0 spiro atoms. The molecule has 1 N–H and O–H groups in total. The Balaban J connectivity index is 1.85. The molecular weight excluding hydrogens is 302 g/mol. The predicted octanol–water partition coefficient (Wildman–Crippen LogP) is 2.82. The number of nitrogens with zero attached hydrogens (tertiary/aromatic N) is 4. The van der Waals surface area contributed by atoms with Gasteiger partial charge in [-0.05, 0) is 29.8 Å². The summed E-state index contributed by atoms with van der Waals surface area (Å²) in [5.41, 5.74) is 4.16. The minimum atomic E-state index is -0.105. The number of rotatable bonds is 4. The van der Waals surface area contributed by atoms with Crippen molar-refractivity contribution in [1.29, 1.82) is 5.26 Å². The van der Waals surface area contributed by atoms with Crippen molar-refractivity contribution in [3.8, 4) is 17.3 Å². The number of anilines is 1. The SMILES string of the molecule is CC(=O)Nc1ccc(-c2cnnn2Cc2cccc(C#N)c2)cc1. The lowest BCUT2D eigenvalue weighted by Gasteiger charge is -2.08. The highest BCUT2D eigenvalue weighted by atomic mass is 16.1. The molecule has 0 bridgehead atoms. The highest BCUT2D eigenvalue weighted by molar-refractivity contribution is 5.88. The first-order valence-corrected chi connectivity index (χ1v) is 7.41. The van der Waals surface area contributed by atoms with Crippen LogP contribution in [0.5, 0.6) is 0 Å². The van der Waals surface area contributed by atoms with Crippen LogP contribution < -0.4 is 5.32 Å². The molecule has 6 nitrogen and oxygen atoms in total. The molecule has 0 atom stereocenters. The Labute approximate surface area is 139 Å². The molecule has 0 unspecified atom stereocenters. The summed E-state index contributed by atoms with van der Waals surface area (Å²) in [6, 6.07) is 17.0. The number of amides is 1. The zero-order valence-electron chi connectivity index (χ0n) is 13.1. The summed E-state index contributed by atoms with van der Waals surface area (Å²) in [6.07, 6.45) is 1.70. The average Bonchev–Trinajstić information content (AvgIpc) is 3.03. The van der Waals surface area contributed by atoms with Crippen molar-refractivity contribution in [3.63, 3.8) is 0 Å². The summed E-state index contributed by atoms with van der Waals surface area (Å²) in [4.78, 5) is 11.1. The molecule has 2 aromatic carbocycles. The molecule has 0 saturated carbocycles. The van der Waals surface area contributed by atoms with Gasteiger partial charge in [-0.3, -0.25) is 4.79 Å². The normalized spacial score (nSPS) is 10.2. The molecule has 1 aromatic heterocycles. The Kier molecular flexibility index (Phi) is 4.34. The largest absolute Gasteiger partial charge is 0.326 e. The van der Waals surface area contributed by atoms with Crippen LogP contribution >= 0.6 is 0 Å². The second-order valence-electron chi connectivity index (χ2n) is 5.35. The van der Waals surface area contributed by atoms with Crippen molar-refractivity contribution in [2.24, 2.45) is 0 Å². The van der Waals surface area contributed by atoms with E-state index in [0.29, 0.717) is 12.1 Å². The van der Waals surface area contributed by atoms with Gasteiger partial charge < -0.3 is 5.32 Å². The lowest BCUT2D eigenvalue weighted by molar-refractivity contribution is -0.114. The van der Waals surface area contributed by atoms with Gasteiger partial charge in [-0.1, -0.05) is 29.5 Å². The van der Waals surface area contributed by atoms with Crippen LogP contribution in [0.15, 0.2) is 54.7 Å². The van der Waals surface area contributed by atoms with Crippen LogP contribution in [0.25, 0.3) is 11.3 Å². The molecular formula is C18H15N5O. The van der Waals surface area contributed by atoms with Gasteiger partial charge in [0.2, 0.25) is 5.91 Å². The first kappa shape index (κ1) is 15.4. The Morgan fingerprint density at radius 3 is 2.75 bits per heavy atom. The fraction of sp³-hybridized carbons (Fsp3) is 0.111. The van der Waals surface area contributed by atoms with E-state index in [0.717, 1.165) is 22.5 Å². The third kappa shape index (κ3) is 3.47. The molecule has 0 aliphatic carbocycles. The molecule has 0 saturated heterocycles. The van der Waals surface area contributed by atoms with E-state index in [4.69, 9.17) is 5.26 Å². The minimum absolute atomic E-state index is 0.105. The van der Waals surface area contributed by atoms with Crippen LogP contribution in [-0.4, -0.2) is 20.9 Å². The van der Waals surface area contributed by atoms with E-state index in [1.165, 1.54) is 6.92 Å². The molecule has 3 aromatic rings. The second-order valence-corrected chi connectivity index (χ2v) is 5.35. The van der Waals surface area contributed by atoms with Crippen molar-refractivity contribution < 1.29 is 4.79 Å². The van der Waals surface area contributed by atoms with Crippen LogP contribution in [0.3, 0.4) is 0 Å². The molecule has 0 aliphatic rings. The Hall–Kier alpha value is -3.46. The van der Waals surface area contributed by atoms with Gasteiger partial charge in [0.25, 0.3) is 0 Å². The maximum absolute atomic E-state index is 11.1. The molecule has 3 rings (SSSR count). The van der Waals surface area contributed by atoms with E-state index in [-0.39, 0.29) is 5.91 Å². The smallest absolute Gasteiger partial charge is 0.221 e. The van der Waals surface area contributed by atoms with E-state index in [9.17, 15) is 4.79 Å². The van der Waals surface area contributed by atoms with E-state index in [1.54, 1.807) is 16.9 Å². The number of hydrogen-bond donors (Lipinski definition) is 1. The molecule has 24 heavy (non-hydrogen) atoms. The number of hydrogen-bond acceptors (Lipinski definition) is 4. The average molecular weight is 317 g/mol. The second kappa shape index (κ2) is 6.75. The van der Waals surface area contributed by atoms with Crippen LogP contribution in [0.4, 0.5) is 5.69 Å². The van der Waals surface area contributed by atoms with Gasteiger partial charge in [-0.15, -0.1) is 5.10 Å². The van der Waals surface area contributed by atoms with E-state index < -0.39 is 0 Å². The van der Waals surface area contributed by atoms with Crippen molar-refractivity contribution >= 4 is 11.6 Å². The maximum atomic E-state index is 11.1. The van der Waals surface area contributed by atoms with Crippen molar-refractivity contribution in [2.45, 2.75) is 13.5 Å². The number of nitrogens with one attached hydrogen (secondary N) is 1. The zero-order chi connectivity index (χ0) is 16.9. The highest BCUT2D eigenvalue weighted by Crippen LogP contribution is 2.21. The number of nitriles is 1. The third-order valence-corrected chi connectivity index (χ3v) is 3.51. The summed E-state index contributed by atoms with van der Waals surface area (Å²) < 4.78 is 1.78. The number of benzene rings is 2. The molecule has 1 amide bonds. The van der Waals surface area contributed by atoms with E-state index >= 15 is 0 Å². The Morgan fingerprint density at radius 2 is 2.04 bits per heavy atom. The first-order valence-electron chi connectivity index (χ1n) is 7.41. The van der Waals surface area contributed by atoms with Gasteiger partial charge in [0, 0.05) is 18.2 Å². The van der Waals surface area contributed by atoms with Crippen molar-refractivity contribution in [2.75, 3.05) is 5.32 Å². The first-order chi connectivity index (χ1) is 11.7. The molecule has 0 aliphatic heterocycles. The molecule has 0 fully saturated rings. The quantitative estimate of drug-likeness (QED) is 0.802. The fourth-order valence-corrected chi connectivity index (χ4v) is 2.44. The van der Waals surface area contributed by atoms with Crippen molar-refractivity contribution in [3.05, 3.63) is 65.9 Å². The van der Waals surface area contributed by atoms with Crippen LogP contribution in [0, 0.1) is 11.3 Å². The van der Waals surface area contributed by atoms with E-state index in [2.05, 4.69) is 21.7 Å². The molecule has 1 heterocycles. The summed E-state index contributed by atoms with van der Waals surface area (Å²) in [6.45, 7) is 2.00. The van der Waals surface area contributed by atoms with Gasteiger partial charge >= 0.3 is 0 Å². The summed E-state index contributed by atoms with van der Waals surface area (Å²) in [5.74, 6) is -0.105. The molecule has 0 radical (unpaired) electrons. The number of carbonyl (C=O) groups excluding carboxylic acids is 1. The van der Waals surface area contributed by atoms with Gasteiger partial charge in [0.15, 0.2) is 0 Å². The van der Waals surface area contributed by atoms with Crippen LogP contribution in [0.1, 0.15) is 18.1 Å².